The Morgan fingerprint density at radius 3 is 2.47 bits per heavy atom. The maximum atomic E-state index is 13.0. The largest absolute Gasteiger partial charge is 0.490 e. The van der Waals surface area contributed by atoms with Crippen LogP contribution in [0, 0.1) is 0 Å². The van der Waals surface area contributed by atoms with Crippen molar-refractivity contribution in [3.8, 4) is 17.0 Å². The summed E-state index contributed by atoms with van der Waals surface area (Å²) in [4.78, 5) is 0. The fourth-order valence-electron chi connectivity index (χ4n) is 1.69. The normalized spacial score (nSPS) is 11.9. The van der Waals surface area contributed by atoms with E-state index in [2.05, 4.69) is 10.2 Å². The van der Waals surface area contributed by atoms with Crippen LogP contribution in [0.15, 0.2) is 30.5 Å². The first-order valence-corrected chi connectivity index (χ1v) is 5.75. The highest BCUT2D eigenvalue weighted by atomic mass is 19.4. The Morgan fingerprint density at radius 1 is 1.21 bits per heavy atom. The van der Waals surface area contributed by atoms with Gasteiger partial charge in [-0.25, -0.2) is 0 Å². The van der Waals surface area contributed by atoms with E-state index in [9.17, 15) is 13.2 Å². The third kappa shape index (κ3) is 3.07. The predicted octanol–water partition coefficient (Wildman–Crippen LogP) is 3.88. The zero-order valence-electron chi connectivity index (χ0n) is 10.5. The molecule has 6 heteroatoms. The van der Waals surface area contributed by atoms with E-state index in [4.69, 9.17) is 4.74 Å². The number of rotatable bonds is 3. The second-order valence-corrected chi connectivity index (χ2v) is 4.35. The quantitative estimate of drug-likeness (QED) is 0.919. The molecular formula is C13H13F3N2O. The summed E-state index contributed by atoms with van der Waals surface area (Å²) in [5, 5.41) is 6.36. The number of halogens is 3. The standard InChI is InChI=1S/C13H13F3N2O/c1-8(2)19-12-4-3-9(11-5-6-17-18-11)7-10(12)13(14,15)16/h3-8H,1-2H3,(H,17,18). The molecule has 0 fully saturated rings. The van der Waals surface area contributed by atoms with Crippen molar-refractivity contribution >= 4 is 0 Å². The lowest BCUT2D eigenvalue weighted by Gasteiger charge is -2.17. The van der Waals surface area contributed by atoms with Gasteiger partial charge in [-0.3, -0.25) is 5.10 Å². The van der Waals surface area contributed by atoms with Crippen molar-refractivity contribution in [3.63, 3.8) is 0 Å². The summed E-state index contributed by atoms with van der Waals surface area (Å²) in [5.41, 5.74) is 0.163. The van der Waals surface area contributed by atoms with E-state index >= 15 is 0 Å². The first-order valence-electron chi connectivity index (χ1n) is 5.75. The van der Waals surface area contributed by atoms with Gasteiger partial charge in [-0.05, 0) is 38.1 Å². The Morgan fingerprint density at radius 2 is 1.95 bits per heavy atom. The van der Waals surface area contributed by atoms with Crippen LogP contribution in [0.5, 0.6) is 5.75 Å². The molecule has 2 aromatic rings. The number of hydrogen-bond donors (Lipinski definition) is 1. The number of nitrogens with zero attached hydrogens (tertiary/aromatic N) is 1. The molecule has 0 spiro atoms. The minimum absolute atomic E-state index is 0.161. The minimum Gasteiger partial charge on any atom is -0.490 e. The molecule has 3 nitrogen and oxygen atoms in total. The lowest BCUT2D eigenvalue weighted by atomic mass is 10.1. The van der Waals surface area contributed by atoms with Crippen LogP contribution in [0.1, 0.15) is 19.4 Å². The number of hydrogen-bond acceptors (Lipinski definition) is 2. The first kappa shape index (κ1) is 13.5. The summed E-state index contributed by atoms with van der Waals surface area (Å²) in [6.07, 6.45) is -3.29. The molecule has 0 aliphatic carbocycles. The van der Waals surface area contributed by atoms with Crippen LogP contribution in [-0.4, -0.2) is 16.3 Å². The second-order valence-electron chi connectivity index (χ2n) is 4.35. The average Bonchev–Trinajstić information content (AvgIpc) is 2.80. The van der Waals surface area contributed by atoms with Crippen LogP contribution in [0.3, 0.4) is 0 Å². The summed E-state index contributed by atoms with van der Waals surface area (Å²) in [6.45, 7) is 3.37. The molecule has 0 amide bonds. The summed E-state index contributed by atoms with van der Waals surface area (Å²) in [5.74, 6) is -0.161. The van der Waals surface area contributed by atoms with Gasteiger partial charge >= 0.3 is 6.18 Å². The molecule has 0 saturated carbocycles. The van der Waals surface area contributed by atoms with Crippen LogP contribution in [0.25, 0.3) is 11.3 Å². The van der Waals surface area contributed by atoms with Crippen molar-refractivity contribution < 1.29 is 17.9 Å². The maximum absolute atomic E-state index is 13.0. The number of ether oxygens (including phenoxy) is 1. The Kier molecular flexibility index (Phi) is 3.50. The molecule has 0 saturated heterocycles. The third-order valence-electron chi connectivity index (χ3n) is 2.46. The highest BCUT2D eigenvalue weighted by molar-refractivity contribution is 5.62. The molecular weight excluding hydrogens is 257 g/mol. The van der Waals surface area contributed by atoms with Crippen molar-refractivity contribution in [1.29, 1.82) is 0 Å². The van der Waals surface area contributed by atoms with Crippen LogP contribution in [0.2, 0.25) is 0 Å². The van der Waals surface area contributed by atoms with E-state index in [1.165, 1.54) is 12.3 Å². The van der Waals surface area contributed by atoms with E-state index < -0.39 is 11.7 Å². The molecule has 0 aliphatic heterocycles. The molecule has 1 heterocycles. The van der Waals surface area contributed by atoms with Crippen LogP contribution < -0.4 is 4.74 Å². The van der Waals surface area contributed by atoms with E-state index in [0.29, 0.717) is 11.3 Å². The Bertz CT molecular complexity index is 548. The Hall–Kier alpha value is -1.98. The summed E-state index contributed by atoms with van der Waals surface area (Å²) >= 11 is 0. The first-order chi connectivity index (χ1) is 8.88. The van der Waals surface area contributed by atoms with Crippen LogP contribution in [0.4, 0.5) is 13.2 Å². The number of nitrogens with one attached hydrogen (secondary N) is 1. The second kappa shape index (κ2) is 4.95. The van der Waals surface area contributed by atoms with Crippen molar-refractivity contribution in [3.05, 3.63) is 36.0 Å². The van der Waals surface area contributed by atoms with E-state index in [1.54, 1.807) is 26.0 Å². The van der Waals surface area contributed by atoms with Gasteiger partial charge in [-0.2, -0.15) is 18.3 Å². The highest BCUT2D eigenvalue weighted by Gasteiger charge is 2.35. The van der Waals surface area contributed by atoms with Gasteiger partial charge in [0.25, 0.3) is 0 Å². The Labute approximate surface area is 108 Å². The lowest BCUT2D eigenvalue weighted by Crippen LogP contribution is -2.13. The SMILES string of the molecule is CC(C)Oc1ccc(-c2ccn[nH]2)cc1C(F)(F)F. The van der Waals surface area contributed by atoms with E-state index in [1.807, 2.05) is 0 Å². The van der Waals surface area contributed by atoms with Crippen molar-refractivity contribution in [2.24, 2.45) is 0 Å². The number of aromatic amines is 1. The molecule has 1 aromatic carbocycles. The summed E-state index contributed by atoms with van der Waals surface area (Å²) < 4.78 is 44.2. The molecule has 1 N–H and O–H groups in total. The number of H-pyrrole nitrogens is 1. The number of aromatic nitrogens is 2. The monoisotopic (exact) mass is 270 g/mol. The summed E-state index contributed by atoms with van der Waals surface area (Å²) in [7, 11) is 0. The molecule has 0 radical (unpaired) electrons. The minimum atomic E-state index is -4.46. The topological polar surface area (TPSA) is 37.9 Å². The highest BCUT2D eigenvalue weighted by Crippen LogP contribution is 2.38. The molecule has 0 unspecified atom stereocenters. The van der Waals surface area contributed by atoms with Gasteiger partial charge in [0.1, 0.15) is 5.75 Å². The van der Waals surface area contributed by atoms with Gasteiger partial charge in [-0.15, -0.1) is 0 Å². The van der Waals surface area contributed by atoms with E-state index in [-0.39, 0.29) is 11.9 Å². The number of benzene rings is 1. The van der Waals surface area contributed by atoms with Crippen LogP contribution in [-0.2, 0) is 6.18 Å². The zero-order chi connectivity index (χ0) is 14.0. The molecule has 1 aromatic heterocycles. The van der Waals surface area contributed by atoms with E-state index in [0.717, 1.165) is 6.07 Å². The van der Waals surface area contributed by atoms with Crippen molar-refractivity contribution in [2.75, 3.05) is 0 Å². The zero-order valence-corrected chi connectivity index (χ0v) is 10.5. The van der Waals surface area contributed by atoms with Gasteiger partial charge in [0, 0.05) is 11.8 Å². The number of alkyl halides is 3. The van der Waals surface area contributed by atoms with Crippen molar-refractivity contribution in [1.82, 2.24) is 10.2 Å². The van der Waals surface area contributed by atoms with Crippen LogP contribution >= 0.6 is 0 Å². The average molecular weight is 270 g/mol. The van der Waals surface area contributed by atoms with Gasteiger partial charge in [0.15, 0.2) is 0 Å². The molecule has 0 aliphatic rings. The fraction of sp³-hybridized carbons (Fsp3) is 0.308. The molecule has 2 rings (SSSR count). The molecule has 0 atom stereocenters. The lowest BCUT2D eigenvalue weighted by molar-refractivity contribution is -0.139. The third-order valence-corrected chi connectivity index (χ3v) is 2.46. The fourth-order valence-corrected chi connectivity index (χ4v) is 1.69. The summed E-state index contributed by atoms with van der Waals surface area (Å²) in [6, 6.07) is 5.57. The Balaban J connectivity index is 2.48. The van der Waals surface area contributed by atoms with Gasteiger partial charge < -0.3 is 4.74 Å². The molecule has 19 heavy (non-hydrogen) atoms. The predicted molar refractivity (Wildman–Crippen MR) is 64.8 cm³/mol. The molecule has 102 valence electrons. The van der Waals surface area contributed by atoms with Crippen molar-refractivity contribution in [2.45, 2.75) is 26.1 Å². The van der Waals surface area contributed by atoms with Gasteiger partial charge in [0.2, 0.25) is 0 Å². The van der Waals surface area contributed by atoms with Gasteiger partial charge in [0.05, 0.1) is 17.4 Å². The van der Waals surface area contributed by atoms with Gasteiger partial charge in [-0.1, -0.05) is 0 Å². The molecule has 0 bridgehead atoms. The smallest absolute Gasteiger partial charge is 0.419 e. The maximum Gasteiger partial charge on any atom is 0.419 e.